The molecular weight excluding hydrogens is 209 g/mol. The van der Waals surface area contributed by atoms with E-state index < -0.39 is 0 Å². The number of H-pyrrole nitrogens is 1. The van der Waals surface area contributed by atoms with E-state index in [1.54, 1.807) is 12.1 Å². The Balaban J connectivity index is 2.87. The molecule has 0 unspecified atom stereocenters. The van der Waals surface area contributed by atoms with Gasteiger partial charge in [0.05, 0.1) is 0 Å². The predicted octanol–water partition coefficient (Wildman–Crippen LogP) is 2.87. The maximum Gasteiger partial charge on any atom is 0.158 e. The molecule has 0 spiro atoms. The number of aromatic amines is 1. The first-order chi connectivity index (χ1) is 5.27. The number of nitrogens with one attached hydrogen (secondary N) is 1. The van der Waals surface area contributed by atoms with Gasteiger partial charge in [0.15, 0.2) is 5.82 Å². The van der Waals surface area contributed by atoms with E-state index in [0.717, 1.165) is 9.99 Å². The summed E-state index contributed by atoms with van der Waals surface area (Å²) in [6.45, 7) is 0. The van der Waals surface area contributed by atoms with Crippen LogP contribution in [0.15, 0.2) is 22.7 Å². The number of rotatable bonds is 0. The van der Waals surface area contributed by atoms with Crippen LogP contribution in [-0.4, -0.2) is 4.98 Å². The molecule has 0 saturated carbocycles. The molecule has 2 rings (SSSR count). The molecule has 0 amide bonds. The van der Waals surface area contributed by atoms with E-state index in [0.29, 0.717) is 5.39 Å². The molecule has 55 valence electrons. The molecule has 0 aliphatic carbocycles. The van der Waals surface area contributed by atoms with Gasteiger partial charge in [-0.25, -0.2) is 4.39 Å². The Hall–Kier alpha value is -0.830. The molecule has 3 heteroatoms. The van der Waals surface area contributed by atoms with Gasteiger partial charge < -0.3 is 4.98 Å². The Morgan fingerprint density at radius 3 is 3.09 bits per heavy atom. The van der Waals surface area contributed by atoms with Crippen molar-refractivity contribution in [1.82, 2.24) is 4.98 Å². The highest BCUT2D eigenvalue weighted by atomic mass is 79.9. The molecule has 1 aromatic carbocycles. The van der Waals surface area contributed by atoms with Gasteiger partial charge in [-0.05, 0) is 18.2 Å². The van der Waals surface area contributed by atoms with Gasteiger partial charge in [-0.15, -0.1) is 0 Å². The lowest BCUT2D eigenvalue weighted by Gasteiger charge is -1.89. The van der Waals surface area contributed by atoms with Gasteiger partial charge in [0.2, 0.25) is 0 Å². The summed E-state index contributed by atoms with van der Waals surface area (Å²) >= 11 is 3.26. The van der Waals surface area contributed by atoms with E-state index in [9.17, 15) is 4.39 Å². The quantitative estimate of drug-likeness (QED) is 0.692. The molecule has 0 aliphatic heterocycles. The Kier molecular flexibility index (Phi) is 1.46. The topological polar surface area (TPSA) is 15.8 Å². The summed E-state index contributed by atoms with van der Waals surface area (Å²) < 4.78 is 13.7. The molecule has 1 aromatic heterocycles. The third kappa shape index (κ3) is 1.05. The minimum absolute atomic E-state index is 0.332. The average Bonchev–Trinajstić information content (AvgIpc) is 2.33. The molecule has 1 N–H and O–H groups in total. The normalized spacial score (nSPS) is 10.7. The van der Waals surface area contributed by atoms with Crippen LogP contribution in [0.3, 0.4) is 0 Å². The van der Waals surface area contributed by atoms with Gasteiger partial charge >= 0.3 is 0 Å². The second kappa shape index (κ2) is 2.34. The third-order valence-electron chi connectivity index (χ3n) is 1.52. The molecule has 11 heavy (non-hydrogen) atoms. The fraction of sp³-hybridized carbons (Fsp3) is 0. The number of hydrogen-bond donors (Lipinski definition) is 1. The van der Waals surface area contributed by atoms with Crippen molar-refractivity contribution in [2.24, 2.45) is 0 Å². The van der Waals surface area contributed by atoms with E-state index in [2.05, 4.69) is 27.1 Å². The zero-order chi connectivity index (χ0) is 7.84. The molecule has 0 fully saturated rings. The van der Waals surface area contributed by atoms with E-state index in [1.165, 1.54) is 0 Å². The zero-order valence-electron chi connectivity index (χ0n) is 5.49. The van der Waals surface area contributed by atoms with E-state index >= 15 is 0 Å². The number of benzene rings is 1. The monoisotopic (exact) mass is 212 g/mol. The Bertz CT molecular complexity index is 394. The van der Waals surface area contributed by atoms with Crippen LogP contribution in [0.25, 0.3) is 10.9 Å². The molecule has 1 nitrogen and oxygen atoms in total. The summed E-state index contributed by atoms with van der Waals surface area (Å²) in [4.78, 5) is 2.69. The summed E-state index contributed by atoms with van der Waals surface area (Å²) in [7, 11) is 0. The first-order valence-electron chi connectivity index (χ1n) is 3.12. The molecule has 1 heterocycles. The third-order valence-corrected chi connectivity index (χ3v) is 2.02. The molecule has 0 bridgehead atoms. The molecular formula is C8H4BrFN. The smallest absolute Gasteiger partial charge is 0.158 e. The van der Waals surface area contributed by atoms with Crippen LogP contribution in [0.5, 0.6) is 0 Å². The fourth-order valence-electron chi connectivity index (χ4n) is 0.997. The van der Waals surface area contributed by atoms with Crippen molar-refractivity contribution in [1.29, 1.82) is 0 Å². The Labute approximate surface area is 71.4 Å². The Morgan fingerprint density at radius 2 is 2.27 bits per heavy atom. The van der Waals surface area contributed by atoms with E-state index in [1.807, 2.05) is 6.07 Å². The van der Waals surface area contributed by atoms with Crippen molar-refractivity contribution in [3.8, 4) is 0 Å². The van der Waals surface area contributed by atoms with E-state index in [-0.39, 0.29) is 5.82 Å². The number of fused-ring (bicyclic) bond motifs is 1. The molecule has 0 aliphatic rings. The Morgan fingerprint density at radius 1 is 1.45 bits per heavy atom. The second-order valence-corrected chi connectivity index (χ2v) is 3.17. The first kappa shape index (κ1) is 6.85. The maximum absolute atomic E-state index is 12.8. The zero-order valence-corrected chi connectivity index (χ0v) is 7.07. The van der Waals surface area contributed by atoms with Crippen LogP contribution >= 0.6 is 15.9 Å². The minimum atomic E-state index is -0.332. The lowest BCUT2D eigenvalue weighted by molar-refractivity contribution is 0.637. The van der Waals surface area contributed by atoms with Crippen LogP contribution in [-0.2, 0) is 0 Å². The highest BCUT2D eigenvalue weighted by Gasteiger charge is 2.01. The molecule has 0 atom stereocenters. The lowest BCUT2D eigenvalue weighted by Crippen LogP contribution is -1.69. The van der Waals surface area contributed by atoms with Crippen molar-refractivity contribution in [3.63, 3.8) is 0 Å². The van der Waals surface area contributed by atoms with Gasteiger partial charge in [0.25, 0.3) is 0 Å². The van der Waals surface area contributed by atoms with Gasteiger partial charge in [-0.1, -0.05) is 15.9 Å². The van der Waals surface area contributed by atoms with Crippen LogP contribution in [0.2, 0.25) is 0 Å². The highest BCUT2D eigenvalue weighted by molar-refractivity contribution is 9.10. The van der Waals surface area contributed by atoms with Gasteiger partial charge in [-0.3, -0.25) is 0 Å². The summed E-state index contributed by atoms with van der Waals surface area (Å²) in [6, 6.07) is 5.38. The van der Waals surface area contributed by atoms with Crippen molar-refractivity contribution in [2.45, 2.75) is 0 Å². The molecule has 0 saturated heterocycles. The summed E-state index contributed by atoms with van der Waals surface area (Å²) in [5.41, 5.74) is 0.769. The van der Waals surface area contributed by atoms with Crippen molar-refractivity contribution in [3.05, 3.63) is 34.7 Å². The maximum atomic E-state index is 12.8. The molecule has 2 aromatic rings. The van der Waals surface area contributed by atoms with Crippen LogP contribution < -0.4 is 0 Å². The fourth-order valence-corrected chi connectivity index (χ4v) is 1.36. The van der Waals surface area contributed by atoms with Crippen LogP contribution in [0.1, 0.15) is 0 Å². The SMILES string of the molecule is Fc1[c][nH]c2ccc(Br)cc12. The minimum Gasteiger partial charge on any atom is -0.351 e. The summed E-state index contributed by atoms with van der Waals surface area (Å²) in [6.07, 6.45) is 2.39. The van der Waals surface area contributed by atoms with E-state index in [4.69, 9.17) is 0 Å². The number of hydrogen-bond acceptors (Lipinski definition) is 0. The van der Waals surface area contributed by atoms with Gasteiger partial charge in [0, 0.05) is 15.4 Å². The standard InChI is InChI=1S/C8H4BrFN/c9-5-1-2-8-6(3-5)7(10)4-11-8/h1-3,11H. The van der Waals surface area contributed by atoms with Crippen LogP contribution in [0.4, 0.5) is 4.39 Å². The number of halogens is 2. The highest BCUT2D eigenvalue weighted by Crippen LogP contribution is 2.20. The van der Waals surface area contributed by atoms with Gasteiger partial charge in [-0.2, -0.15) is 0 Å². The van der Waals surface area contributed by atoms with Crippen molar-refractivity contribution in [2.75, 3.05) is 0 Å². The lowest BCUT2D eigenvalue weighted by atomic mass is 10.2. The number of aromatic nitrogens is 1. The summed E-state index contributed by atoms with van der Waals surface area (Å²) in [5.74, 6) is -0.332. The van der Waals surface area contributed by atoms with Crippen LogP contribution in [0, 0.1) is 12.0 Å². The predicted molar refractivity (Wildman–Crippen MR) is 44.8 cm³/mol. The van der Waals surface area contributed by atoms with Gasteiger partial charge in [0.1, 0.15) is 6.20 Å². The summed E-state index contributed by atoms with van der Waals surface area (Å²) in [5, 5.41) is 0.569. The molecule has 1 radical (unpaired) electrons. The largest absolute Gasteiger partial charge is 0.351 e. The second-order valence-electron chi connectivity index (χ2n) is 2.25. The average molecular weight is 213 g/mol. The van der Waals surface area contributed by atoms with Crippen molar-refractivity contribution < 1.29 is 4.39 Å². The first-order valence-corrected chi connectivity index (χ1v) is 3.91. The van der Waals surface area contributed by atoms with Crippen molar-refractivity contribution >= 4 is 26.8 Å².